The minimum absolute atomic E-state index is 0.418. The van der Waals surface area contributed by atoms with Crippen LogP contribution < -0.4 is 11.1 Å². The van der Waals surface area contributed by atoms with Crippen molar-refractivity contribution in [3.63, 3.8) is 0 Å². The predicted octanol–water partition coefficient (Wildman–Crippen LogP) is 2.28. The van der Waals surface area contributed by atoms with Gasteiger partial charge in [0.15, 0.2) is 0 Å². The van der Waals surface area contributed by atoms with Gasteiger partial charge in [-0.3, -0.25) is 0 Å². The quantitative estimate of drug-likeness (QED) is 0.711. The van der Waals surface area contributed by atoms with Crippen LogP contribution in [0.2, 0.25) is 0 Å². The SMILES string of the molecule is CC(CCN)CNC1(C)CCCCC1. The lowest BCUT2D eigenvalue weighted by molar-refractivity contribution is 0.241. The molecule has 0 heterocycles. The van der Waals surface area contributed by atoms with Gasteiger partial charge in [-0.2, -0.15) is 0 Å². The molecule has 0 aliphatic heterocycles. The third kappa shape index (κ3) is 3.97. The van der Waals surface area contributed by atoms with E-state index in [1.54, 1.807) is 0 Å². The van der Waals surface area contributed by atoms with Crippen LogP contribution in [0.3, 0.4) is 0 Å². The third-order valence-corrected chi connectivity index (χ3v) is 3.49. The van der Waals surface area contributed by atoms with Gasteiger partial charge in [0.2, 0.25) is 0 Å². The first-order valence-corrected chi connectivity index (χ1v) is 6.11. The van der Waals surface area contributed by atoms with Crippen LogP contribution in [0.25, 0.3) is 0 Å². The van der Waals surface area contributed by atoms with Crippen molar-refractivity contribution in [2.24, 2.45) is 11.7 Å². The minimum atomic E-state index is 0.418. The van der Waals surface area contributed by atoms with Crippen LogP contribution >= 0.6 is 0 Å². The highest BCUT2D eigenvalue weighted by molar-refractivity contribution is 4.86. The molecule has 2 heteroatoms. The Morgan fingerprint density at radius 1 is 1.29 bits per heavy atom. The molecule has 0 bridgehead atoms. The van der Waals surface area contributed by atoms with Crippen molar-refractivity contribution in [2.75, 3.05) is 13.1 Å². The van der Waals surface area contributed by atoms with E-state index < -0.39 is 0 Å². The first-order chi connectivity index (χ1) is 6.66. The summed E-state index contributed by atoms with van der Waals surface area (Å²) in [5.74, 6) is 0.721. The highest BCUT2D eigenvalue weighted by Crippen LogP contribution is 2.27. The molecule has 0 spiro atoms. The number of hydrogen-bond acceptors (Lipinski definition) is 2. The van der Waals surface area contributed by atoms with Crippen molar-refractivity contribution >= 4 is 0 Å². The minimum Gasteiger partial charge on any atom is -0.330 e. The summed E-state index contributed by atoms with van der Waals surface area (Å²) in [7, 11) is 0. The zero-order valence-corrected chi connectivity index (χ0v) is 9.81. The molecule has 1 fully saturated rings. The first kappa shape index (κ1) is 12.0. The van der Waals surface area contributed by atoms with Crippen molar-refractivity contribution in [1.82, 2.24) is 5.32 Å². The van der Waals surface area contributed by atoms with Crippen molar-refractivity contribution < 1.29 is 0 Å². The molecule has 1 aliphatic carbocycles. The van der Waals surface area contributed by atoms with E-state index in [0.29, 0.717) is 5.54 Å². The van der Waals surface area contributed by atoms with Crippen molar-refractivity contribution in [1.29, 1.82) is 0 Å². The number of nitrogens with one attached hydrogen (secondary N) is 1. The van der Waals surface area contributed by atoms with Gasteiger partial charge in [-0.1, -0.05) is 26.2 Å². The molecule has 0 aromatic carbocycles. The summed E-state index contributed by atoms with van der Waals surface area (Å²) < 4.78 is 0. The van der Waals surface area contributed by atoms with Crippen LogP contribution in [-0.4, -0.2) is 18.6 Å². The normalized spacial score (nSPS) is 23.4. The number of hydrogen-bond donors (Lipinski definition) is 2. The van der Waals surface area contributed by atoms with E-state index in [0.717, 1.165) is 25.4 Å². The van der Waals surface area contributed by atoms with Gasteiger partial charge in [0.1, 0.15) is 0 Å². The fourth-order valence-electron chi connectivity index (χ4n) is 2.32. The van der Waals surface area contributed by atoms with Gasteiger partial charge in [-0.25, -0.2) is 0 Å². The Morgan fingerprint density at radius 3 is 2.50 bits per heavy atom. The molecule has 84 valence electrons. The highest BCUT2D eigenvalue weighted by Gasteiger charge is 2.25. The Kier molecular flexibility index (Phi) is 4.90. The summed E-state index contributed by atoms with van der Waals surface area (Å²) in [5.41, 5.74) is 5.96. The summed E-state index contributed by atoms with van der Waals surface area (Å²) in [6, 6.07) is 0. The molecule has 3 N–H and O–H groups in total. The van der Waals surface area contributed by atoms with Gasteiger partial charge >= 0.3 is 0 Å². The van der Waals surface area contributed by atoms with Crippen LogP contribution in [-0.2, 0) is 0 Å². The van der Waals surface area contributed by atoms with E-state index in [4.69, 9.17) is 5.73 Å². The summed E-state index contributed by atoms with van der Waals surface area (Å²) >= 11 is 0. The van der Waals surface area contributed by atoms with E-state index in [2.05, 4.69) is 19.2 Å². The second kappa shape index (κ2) is 5.72. The zero-order chi connectivity index (χ0) is 10.4. The number of rotatable bonds is 5. The van der Waals surface area contributed by atoms with Crippen LogP contribution in [0.15, 0.2) is 0 Å². The van der Waals surface area contributed by atoms with E-state index in [-0.39, 0.29) is 0 Å². The van der Waals surface area contributed by atoms with Gasteiger partial charge in [-0.05, 0) is 45.2 Å². The highest BCUT2D eigenvalue weighted by atomic mass is 15.0. The Hall–Kier alpha value is -0.0800. The topological polar surface area (TPSA) is 38.0 Å². The van der Waals surface area contributed by atoms with Crippen LogP contribution in [0.1, 0.15) is 52.4 Å². The Bertz CT molecular complexity index is 150. The Labute approximate surface area is 88.6 Å². The molecule has 0 aromatic rings. The van der Waals surface area contributed by atoms with Crippen LogP contribution in [0.4, 0.5) is 0 Å². The molecular weight excluding hydrogens is 172 g/mol. The molecule has 1 atom stereocenters. The fraction of sp³-hybridized carbons (Fsp3) is 1.00. The Morgan fingerprint density at radius 2 is 1.93 bits per heavy atom. The van der Waals surface area contributed by atoms with Gasteiger partial charge in [0.05, 0.1) is 0 Å². The van der Waals surface area contributed by atoms with Crippen molar-refractivity contribution in [2.45, 2.75) is 57.9 Å². The van der Waals surface area contributed by atoms with E-state index in [1.165, 1.54) is 32.1 Å². The molecule has 14 heavy (non-hydrogen) atoms. The van der Waals surface area contributed by atoms with Crippen molar-refractivity contribution in [3.8, 4) is 0 Å². The molecule has 1 rings (SSSR count). The molecular formula is C12H26N2. The molecule has 2 nitrogen and oxygen atoms in total. The van der Waals surface area contributed by atoms with Gasteiger partial charge in [0, 0.05) is 5.54 Å². The smallest absolute Gasteiger partial charge is 0.0153 e. The summed E-state index contributed by atoms with van der Waals surface area (Å²) in [6.07, 6.45) is 8.06. The monoisotopic (exact) mass is 198 g/mol. The zero-order valence-electron chi connectivity index (χ0n) is 9.81. The van der Waals surface area contributed by atoms with E-state index >= 15 is 0 Å². The maximum atomic E-state index is 5.54. The van der Waals surface area contributed by atoms with Gasteiger partial charge in [-0.15, -0.1) is 0 Å². The fourth-order valence-corrected chi connectivity index (χ4v) is 2.32. The molecule has 0 saturated heterocycles. The van der Waals surface area contributed by atoms with Gasteiger partial charge < -0.3 is 11.1 Å². The first-order valence-electron chi connectivity index (χ1n) is 6.11. The molecule has 0 aromatic heterocycles. The largest absolute Gasteiger partial charge is 0.330 e. The molecule has 1 saturated carbocycles. The maximum absolute atomic E-state index is 5.54. The molecule has 0 radical (unpaired) electrons. The second-order valence-corrected chi connectivity index (χ2v) is 5.18. The lowest BCUT2D eigenvalue weighted by atomic mass is 9.83. The molecule has 1 aliphatic rings. The summed E-state index contributed by atoms with van der Waals surface area (Å²) in [4.78, 5) is 0. The van der Waals surface area contributed by atoms with Crippen LogP contribution in [0, 0.1) is 5.92 Å². The predicted molar refractivity (Wildman–Crippen MR) is 62.3 cm³/mol. The summed E-state index contributed by atoms with van der Waals surface area (Å²) in [6.45, 7) is 6.61. The standard InChI is InChI=1S/C12H26N2/c1-11(6-9-13)10-14-12(2)7-4-3-5-8-12/h11,14H,3-10,13H2,1-2H3. The number of nitrogens with two attached hydrogens (primary N) is 1. The lowest BCUT2D eigenvalue weighted by Crippen LogP contribution is -2.45. The maximum Gasteiger partial charge on any atom is 0.0153 e. The van der Waals surface area contributed by atoms with Gasteiger partial charge in [0.25, 0.3) is 0 Å². The molecule has 0 amide bonds. The van der Waals surface area contributed by atoms with Crippen molar-refractivity contribution in [3.05, 3.63) is 0 Å². The second-order valence-electron chi connectivity index (χ2n) is 5.18. The average Bonchev–Trinajstić information content (AvgIpc) is 2.17. The summed E-state index contributed by atoms with van der Waals surface area (Å²) in [5, 5.41) is 3.73. The third-order valence-electron chi connectivity index (χ3n) is 3.49. The molecule has 1 unspecified atom stereocenters. The van der Waals surface area contributed by atoms with E-state index in [9.17, 15) is 0 Å². The average molecular weight is 198 g/mol. The van der Waals surface area contributed by atoms with E-state index in [1.807, 2.05) is 0 Å². The van der Waals surface area contributed by atoms with Crippen LogP contribution in [0.5, 0.6) is 0 Å². The Balaban J connectivity index is 2.21. The lowest BCUT2D eigenvalue weighted by Gasteiger charge is -2.35.